The quantitative estimate of drug-likeness (QED) is 0.683. The van der Waals surface area contributed by atoms with Gasteiger partial charge in [-0.2, -0.15) is 11.8 Å². The number of aliphatic hydroxyl groups excluding tert-OH is 1. The fourth-order valence-corrected chi connectivity index (χ4v) is 2.01. The first-order valence-electron chi connectivity index (χ1n) is 6.73. The van der Waals surface area contributed by atoms with Gasteiger partial charge >= 0.3 is 0 Å². The van der Waals surface area contributed by atoms with Gasteiger partial charge in [-0.05, 0) is 37.8 Å². The molecule has 0 spiro atoms. The highest BCUT2D eigenvalue weighted by atomic mass is 32.2. The Labute approximate surface area is 120 Å². The number of benzene rings is 1. The molecule has 0 aliphatic carbocycles. The molecule has 2 atom stereocenters. The number of thioether (sulfide) groups is 1. The van der Waals surface area contributed by atoms with Gasteiger partial charge in [-0.1, -0.05) is 25.1 Å². The van der Waals surface area contributed by atoms with E-state index in [0.717, 1.165) is 24.3 Å². The van der Waals surface area contributed by atoms with Crippen molar-refractivity contribution < 1.29 is 9.84 Å². The molecule has 0 heterocycles. The van der Waals surface area contributed by atoms with Crippen LogP contribution in [0.2, 0.25) is 0 Å². The number of rotatable bonds is 9. The van der Waals surface area contributed by atoms with Crippen LogP contribution in [0, 0.1) is 6.92 Å². The van der Waals surface area contributed by atoms with E-state index >= 15 is 0 Å². The Bertz CT molecular complexity index is 360. The predicted octanol–water partition coefficient (Wildman–Crippen LogP) is 2.47. The van der Waals surface area contributed by atoms with Gasteiger partial charge in [-0.3, -0.25) is 0 Å². The summed E-state index contributed by atoms with van der Waals surface area (Å²) >= 11 is 1.87. The molecule has 0 radical (unpaired) electrons. The minimum absolute atomic E-state index is 0.329. The van der Waals surface area contributed by atoms with Crippen LogP contribution < -0.4 is 10.1 Å². The van der Waals surface area contributed by atoms with Gasteiger partial charge in [-0.25, -0.2) is 0 Å². The van der Waals surface area contributed by atoms with Crippen LogP contribution in [-0.2, 0) is 0 Å². The second-order valence-corrected chi connectivity index (χ2v) is 6.05. The number of para-hydroxylation sites is 1. The molecule has 0 aromatic heterocycles. The van der Waals surface area contributed by atoms with Crippen LogP contribution in [0.15, 0.2) is 24.3 Å². The predicted molar refractivity (Wildman–Crippen MR) is 83.1 cm³/mol. The highest BCUT2D eigenvalue weighted by Gasteiger charge is 2.06. The number of nitrogens with one attached hydrogen (secondary N) is 1. The Morgan fingerprint density at radius 1 is 1.37 bits per heavy atom. The number of hydrogen-bond donors (Lipinski definition) is 2. The first-order valence-corrected chi connectivity index (χ1v) is 8.02. The summed E-state index contributed by atoms with van der Waals surface area (Å²) in [6.07, 6.45) is 2.77. The standard InChI is InChI=1S/C15H25NO2S/c1-12-6-4-5-7-15(12)18-11-14(17)10-16-9-8-13(2)19-3/h4-7,13-14,16-17H,8-11H2,1-3H3. The maximum atomic E-state index is 9.83. The summed E-state index contributed by atoms with van der Waals surface area (Å²) in [5, 5.41) is 13.7. The molecule has 4 heteroatoms. The number of hydrogen-bond acceptors (Lipinski definition) is 4. The monoisotopic (exact) mass is 283 g/mol. The van der Waals surface area contributed by atoms with Gasteiger partial charge in [0.25, 0.3) is 0 Å². The van der Waals surface area contributed by atoms with E-state index in [1.807, 2.05) is 43.0 Å². The van der Waals surface area contributed by atoms with Gasteiger partial charge in [-0.15, -0.1) is 0 Å². The van der Waals surface area contributed by atoms with Crippen LogP contribution in [0.3, 0.4) is 0 Å². The zero-order valence-electron chi connectivity index (χ0n) is 12.1. The molecule has 1 aromatic rings. The van der Waals surface area contributed by atoms with Gasteiger partial charge < -0.3 is 15.2 Å². The van der Waals surface area contributed by atoms with Crippen LogP contribution in [0.1, 0.15) is 18.9 Å². The number of aryl methyl sites for hydroxylation is 1. The van der Waals surface area contributed by atoms with Crippen LogP contribution in [0.4, 0.5) is 0 Å². The molecule has 2 N–H and O–H groups in total. The van der Waals surface area contributed by atoms with E-state index in [9.17, 15) is 5.11 Å². The molecule has 0 bridgehead atoms. The average Bonchev–Trinajstić information content (AvgIpc) is 2.42. The highest BCUT2D eigenvalue weighted by molar-refractivity contribution is 7.99. The summed E-state index contributed by atoms with van der Waals surface area (Å²) in [5.74, 6) is 0.845. The summed E-state index contributed by atoms with van der Waals surface area (Å²) < 4.78 is 5.60. The Hall–Kier alpha value is -0.710. The molecule has 1 rings (SSSR count). The number of ether oxygens (including phenoxy) is 1. The van der Waals surface area contributed by atoms with Crippen molar-refractivity contribution in [1.82, 2.24) is 5.32 Å². The molecular formula is C15H25NO2S. The van der Waals surface area contributed by atoms with Crippen molar-refractivity contribution in [3.8, 4) is 5.75 Å². The fraction of sp³-hybridized carbons (Fsp3) is 0.600. The molecule has 0 saturated heterocycles. The average molecular weight is 283 g/mol. The second kappa shape index (κ2) is 9.23. The first kappa shape index (κ1) is 16.3. The van der Waals surface area contributed by atoms with E-state index in [1.54, 1.807) is 0 Å². The minimum Gasteiger partial charge on any atom is -0.491 e. The Morgan fingerprint density at radius 3 is 2.79 bits per heavy atom. The van der Waals surface area contributed by atoms with Crippen molar-refractivity contribution in [2.24, 2.45) is 0 Å². The van der Waals surface area contributed by atoms with E-state index in [2.05, 4.69) is 18.5 Å². The lowest BCUT2D eigenvalue weighted by Gasteiger charge is -2.15. The molecule has 1 aromatic carbocycles. The summed E-state index contributed by atoms with van der Waals surface area (Å²) in [7, 11) is 0. The van der Waals surface area contributed by atoms with Crippen LogP contribution in [-0.4, -0.2) is 42.4 Å². The Morgan fingerprint density at radius 2 is 2.11 bits per heavy atom. The normalized spacial score (nSPS) is 14.1. The summed E-state index contributed by atoms with van der Waals surface area (Å²) in [5.41, 5.74) is 1.09. The maximum Gasteiger partial charge on any atom is 0.122 e. The Kier molecular flexibility index (Phi) is 7.94. The third-order valence-corrected chi connectivity index (χ3v) is 4.08. The number of aliphatic hydroxyl groups is 1. The lowest BCUT2D eigenvalue weighted by atomic mass is 10.2. The molecule has 0 saturated carbocycles. The van der Waals surface area contributed by atoms with Crippen molar-refractivity contribution in [2.75, 3.05) is 26.0 Å². The molecule has 19 heavy (non-hydrogen) atoms. The van der Waals surface area contributed by atoms with Crippen molar-refractivity contribution in [3.05, 3.63) is 29.8 Å². The van der Waals surface area contributed by atoms with Crippen molar-refractivity contribution in [2.45, 2.75) is 31.6 Å². The fourth-order valence-electron chi connectivity index (χ4n) is 1.66. The van der Waals surface area contributed by atoms with Crippen molar-refractivity contribution in [3.63, 3.8) is 0 Å². The SMILES string of the molecule is CSC(C)CCNCC(O)COc1ccccc1C. The van der Waals surface area contributed by atoms with Gasteiger partial charge in [0.1, 0.15) is 18.5 Å². The summed E-state index contributed by atoms with van der Waals surface area (Å²) in [4.78, 5) is 0. The second-order valence-electron chi connectivity index (χ2n) is 4.77. The van der Waals surface area contributed by atoms with Gasteiger partial charge in [0.05, 0.1) is 0 Å². The zero-order chi connectivity index (χ0) is 14.1. The molecule has 2 unspecified atom stereocenters. The van der Waals surface area contributed by atoms with E-state index in [1.165, 1.54) is 0 Å². The van der Waals surface area contributed by atoms with E-state index in [4.69, 9.17) is 4.74 Å². The van der Waals surface area contributed by atoms with Gasteiger partial charge in [0, 0.05) is 11.8 Å². The Balaban J connectivity index is 2.14. The third-order valence-electron chi connectivity index (χ3n) is 3.03. The molecule has 0 amide bonds. The van der Waals surface area contributed by atoms with E-state index in [0.29, 0.717) is 18.4 Å². The molecular weight excluding hydrogens is 258 g/mol. The largest absolute Gasteiger partial charge is 0.491 e. The molecule has 108 valence electrons. The van der Waals surface area contributed by atoms with E-state index in [-0.39, 0.29) is 0 Å². The topological polar surface area (TPSA) is 41.5 Å². The van der Waals surface area contributed by atoms with Crippen molar-refractivity contribution in [1.29, 1.82) is 0 Å². The summed E-state index contributed by atoms with van der Waals surface area (Å²) in [6, 6.07) is 7.85. The lowest BCUT2D eigenvalue weighted by Crippen LogP contribution is -2.32. The first-order chi connectivity index (χ1) is 9.13. The molecule has 0 aliphatic rings. The zero-order valence-corrected chi connectivity index (χ0v) is 12.9. The highest BCUT2D eigenvalue weighted by Crippen LogP contribution is 2.16. The minimum atomic E-state index is -0.468. The van der Waals surface area contributed by atoms with Crippen LogP contribution in [0.25, 0.3) is 0 Å². The molecule has 3 nitrogen and oxygen atoms in total. The third kappa shape index (κ3) is 6.85. The van der Waals surface area contributed by atoms with Gasteiger partial charge in [0.15, 0.2) is 0 Å². The smallest absolute Gasteiger partial charge is 0.122 e. The summed E-state index contributed by atoms with van der Waals surface area (Å²) in [6.45, 7) is 6.06. The van der Waals surface area contributed by atoms with E-state index < -0.39 is 6.10 Å². The lowest BCUT2D eigenvalue weighted by molar-refractivity contribution is 0.106. The van der Waals surface area contributed by atoms with Crippen molar-refractivity contribution >= 4 is 11.8 Å². The van der Waals surface area contributed by atoms with Crippen LogP contribution >= 0.6 is 11.8 Å². The maximum absolute atomic E-state index is 9.83. The van der Waals surface area contributed by atoms with Gasteiger partial charge in [0.2, 0.25) is 0 Å². The molecule has 0 aliphatic heterocycles. The van der Waals surface area contributed by atoms with Crippen LogP contribution in [0.5, 0.6) is 5.75 Å². The molecule has 0 fully saturated rings.